The summed E-state index contributed by atoms with van der Waals surface area (Å²) in [6.45, 7) is 1.79. The van der Waals surface area contributed by atoms with Crippen LogP contribution < -0.4 is 5.73 Å². The lowest BCUT2D eigenvalue weighted by Gasteiger charge is -2.14. The van der Waals surface area contributed by atoms with Gasteiger partial charge in [0.1, 0.15) is 6.04 Å². The van der Waals surface area contributed by atoms with Gasteiger partial charge in [0, 0.05) is 11.3 Å². The lowest BCUT2D eigenvalue weighted by molar-refractivity contribution is -0.147. The molecule has 1 nitrogen and oxygen atoms in total. The summed E-state index contributed by atoms with van der Waals surface area (Å²) in [6.07, 6.45) is -4.41. The topological polar surface area (TPSA) is 26.0 Å². The molecular formula is C8H10F3NS. The van der Waals surface area contributed by atoms with Crippen molar-refractivity contribution in [3.63, 3.8) is 0 Å². The van der Waals surface area contributed by atoms with E-state index in [9.17, 15) is 13.2 Å². The standard InChI is InChI=1S/C8H10F3NS/c1-5-2-3-13-6(5)4-7(12)8(9,10)11/h2-3,7H,4,12H2,1H3. The molecule has 0 aromatic carbocycles. The van der Waals surface area contributed by atoms with Gasteiger partial charge in [-0.1, -0.05) is 0 Å². The molecule has 0 saturated heterocycles. The highest BCUT2D eigenvalue weighted by atomic mass is 32.1. The Hall–Kier alpha value is -0.550. The molecule has 0 spiro atoms. The van der Waals surface area contributed by atoms with Crippen LogP contribution in [0, 0.1) is 6.92 Å². The van der Waals surface area contributed by atoms with E-state index in [4.69, 9.17) is 5.73 Å². The summed E-state index contributed by atoms with van der Waals surface area (Å²) in [7, 11) is 0. The molecule has 0 radical (unpaired) electrons. The van der Waals surface area contributed by atoms with Crippen LogP contribution in [0.25, 0.3) is 0 Å². The highest BCUT2D eigenvalue weighted by molar-refractivity contribution is 7.10. The molecule has 0 aliphatic heterocycles. The maximum Gasteiger partial charge on any atom is 0.403 e. The Kier molecular flexibility index (Phi) is 2.98. The molecule has 5 heteroatoms. The van der Waals surface area contributed by atoms with Crippen molar-refractivity contribution in [3.8, 4) is 0 Å². The molecule has 1 atom stereocenters. The molecule has 1 aromatic heterocycles. The molecule has 0 fully saturated rings. The maximum absolute atomic E-state index is 12.1. The summed E-state index contributed by atoms with van der Waals surface area (Å²) >= 11 is 1.31. The summed E-state index contributed by atoms with van der Waals surface area (Å²) < 4.78 is 36.2. The Balaban J connectivity index is 2.65. The van der Waals surface area contributed by atoms with E-state index in [2.05, 4.69) is 0 Å². The van der Waals surface area contributed by atoms with E-state index in [1.807, 2.05) is 0 Å². The molecule has 74 valence electrons. The van der Waals surface area contributed by atoms with E-state index >= 15 is 0 Å². The number of rotatable bonds is 2. The Morgan fingerprint density at radius 2 is 2.15 bits per heavy atom. The van der Waals surface area contributed by atoms with Gasteiger partial charge in [0.2, 0.25) is 0 Å². The van der Waals surface area contributed by atoms with Crippen molar-refractivity contribution >= 4 is 11.3 Å². The molecule has 0 saturated carbocycles. The fraction of sp³-hybridized carbons (Fsp3) is 0.500. The molecule has 0 aliphatic carbocycles. The fourth-order valence-corrected chi connectivity index (χ4v) is 1.89. The van der Waals surface area contributed by atoms with Gasteiger partial charge in [-0.25, -0.2) is 0 Å². The molecule has 0 amide bonds. The number of hydrogen-bond donors (Lipinski definition) is 1. The minimum atomic E-state index is -4.30. The van der Waals surface area contributed by atoms with E-state index < -0.39 is 12.2 Å². The van der Waals surface area contributed by atoms with Crippen molar-refractivity contribution in [2.45, 2.75) is 25.6 Å². The number of halogens is 3. The Morgan fingerprint density at radius 3 is 2.54 bits per heavy atom. The first-order valence-corrected chi connectivity index (χ1v) is 4.64. The number of nitrogens with two attached hydrogens (primary N) is 1. The fourth-order valence-electron chi connectivity index (χ4n) is 0.929. The zero-order valence-electron chi connectivity index (χ0n) is 7.06. The predicted octanol–water partition coefficient (Wildman–Crippen LogP) is 2.49. The SMILES string of the molecule is Cc1ccsc1CC(N)C(F)(F)F. The van der Waals surface area contributed by atoms with Gasteiger partial charge in [-0.05, 0) is 23.9 Å². The molecule has 1 aromatic rings. The Labute approximate surface area is 78.4 Å². The van der Waals surface area contributed by atoms with Crippen LogP contribution in [0.1, 0.15) is 10.4 Å². The number of alkyl halides is 3. The summed E-state index contributed by atoms with van der Waals surface area (Å²) in [4.78, 5) is 0.713. The van der Waals surface area contributed by atoms with Crippen molar-refractivity contribution < 1.29 is 13.2 Å². The first kappa shape index (κ1) is 10.5. The van der Waals surface area contributed by atoms with Crippen LogP contribution in [0.4, 0.5) is 13.2 Å². The average Bonchev–Trinajstić information content (AvgIpc) is 2.34. The third kappa shape index (κ3) is 2.70. The molecule has 1 rings (SSSR count). The third-order valence-electron chi connectivity index (χ3n) is 1.79. The van der Waals surface area contributed by atoms with Gasteiger partial charge >= 0.3 is 6.18 Å². The summed E-state index contributed by atoms with van der Waals surface area (Å²) in [6, 6.07) is 0.0492. The summed E-state index contributed by atoms with van der Waals surface area (Å²) in [5.74, 6) is 0. The molecule has 13 heavy (non-hydrogen) atoms. The molecule has 0 bridgehead atoms. The van der Waals surface area contributed by atoms with Crippen LogP contribution in [-0.4, -0.2) is 12.2 Å². The lowest BCUT2D eigenvalue weighted by Crippen LogP contribution is -2.38. The van der Waals surface area contributed by atoms with Crippen LogP contribution in [0.5, 0.6) is 0 Å². The van der Waals surface area contributed by atoms with Gasteiger partial charge in [-0.2, -0.15) is 13.2 Å². The van der Waals surface area contributed by atoms with Crippen molar-refractivity contribution in [3.05, 3.63) is 21.9 Å². The van der Waals surface area contributed by atoms with E-state index in [0.717, 1.165) is 5.56 Å². The van der Waals surface area contributed by atoms with Crippen LogP contribution in [-0.2, 0) is 6.42 Å². The van der Waals surface area contributed by atoms with Crippen LogP contribution in [0.15, 0.2) is 11.4 Å². The van der Waals surface area contributed by atoms with Gasteiger partial charge in [0.25, 0.3) is 0 Å². The van der Waals surface area contributed by atoms with Gasteiger partial charge in [-0.3, -0.25) is 0 Å². The quantitative estimate of drug-likeness (QED) is 0.795. The highest BCUT2D eigenvalue weighted by Crippen LogP contribution is 2.24. The summed E-state index contributed by atoms with van der Waals surface area (Å²) in [5.41, 5.74) is 5.87. The van der Waals surface area contributed by atoms with Crippen LogP contribution in [0.2, 0.25) is 0 Å². The van der Waals surface area contributed by atoms with Gasteiger partial charge < -0.3 is 5.73 Å². The molecule has 0 aliphatic rings. The minimum Gasteiger partial charge on any atom is -0.320 e. The van der Waals surface area contributed by atoms with E-state index in [1.54, 1.807) is 18.4 Å². The van der Waals surface area contributed by atoms with Crippen molar-refractivity contribution in [2.75, 3.05) is 0 Å². The second-order valence-electron chi connectivity index (χ2n) is 2.88. The maximum atomic E-state index is 12.1. The zero-order valence-corrected chi connectivity index (χ0v) is 7.88. The first-order chi connectivity index (χ1) is 5.91. The Bertz CT molecular complexity index is 279. The lowest BCUT2D eigenvalue weighted by atomic mass is 10.1. The van der Waals surface area contributed by atoms with Crippen LogP contribution >= 0.6 is 11.3 Å². The van der Waals surface area contributed by atoms with Gasteiger partial charge in [0.15, 0.2) is 0 Å². The Morgan fingerprint density at radius 1 is 1.54 bits per heavy atom. The van der Waals surface area contributed by atoms with Gasteiger partial charge in [-0.15, -0.1) is 11.3 Å². The van der Waals surface area contributed by atoms with E-state index in [1.165, 1.54) is 11.3 Å². The number of hydrogen-bond acceptors (Lipinski definition) is 2. The highest BCUT2D eigenvalue weighted by Gasteiger charge is 2.36. The second-order valence-corrected chi connectivity index (χ2v) is 3.88. The molecule has 1 unspecified atom stereocenters. The smallest absolute Gasteiger partial charge is 0.320 e. The van der Waals surface area contributed by atoms with Crippen molar-refractivity contribution in [1.82, 2.24) is 0 Å². The molecular weight excluding hydrogens is 199 g/mol. The zero-order chi connectivity index (χ0) is 10.1. The minimum absolute atomic E-state index is 0.118. The van der Waals surface area contributed by atoms with E-state index in [0.29, 0.717) is 4.88 Å². The van der Waals surface area contributed by atoms with Crippen molar-refractivity contribution in [2.24, 2.45) is 5.73 Å². The number of thiophene rings is 1. The summed E-state index contributed by atoms with van der Waals surface area (Å²) in [5, 5.41) is 1.77. The van der Waals surface area contributed by atoms with Gasteiger partial charge in [0.05, 0.1) is 0 Å². The van der Waals surface area contributed by atoms with Crippen LogP contribution in [0.3, 0.4) is 0 Å². The van der Waals surface area contributed by atoms with E-state index in [-0.39, 0.29) is 6.42 Å². The van der Waals surface area contributed by atoms with Crippen molar-refractivity contribution in [1.29, 1.82) is 0 Å². The largest absolute Gasteiger partial charge is 0.403 e. The normalized spacial score (nSPS) is 14.5. The second kappa shape index (κ2) is 3.67. The first-order valence-electron chi connectivity index (χ1n) is 3.76. The predicted molar refractivity (Wildman–Crippen MR) is 46.8 cm³/mol. The number of aryl methyl sites for hydroxylation is 1. The molecule has 2 N–H and O–H groups in total. The average molecular weight is 209 g/mol. The molecule has 1 heterocycles. The monoisotopic (exact) mass is 209 g/mol. The third-order valence-corrected chi connectivity index (χ3v) is 2.84.